The molecule has 6 rings (SSSR count). The predicted octanol–water partition coefficient (Wildman–Crippen LogP) is 3.72. The van der Waals surface area contributed by atoms with E-state index < -0.39 is 0 Å². The number of halogens is 1. The topological polar surface area (TPSA) is 76.0 Å². The zero-order chi connectivity index (χ0) is 21.4. The SMILES string of the molecule is CC(=O)c1ccc(N2C(=O)[C@@H]3[C@H]4C[C@@H]([C@@H]5C(c6ccc(Cl)cc6)=NO[C@@H]45)[C@@H]3C2=O)cc1. The van der Waals surface area contributed by atoms with Crippen molar-refractivity contribution in [3.63, 3.8) is 0 Å². The number of carbonyl (C=O) groups excluding carboxylic acids is 3. The van der Waals surface area contributed by atoms with Gasteiger partial charge in [-0.2, -0.15) is 0 Å². The standard InChI is InChI=1S/C24H19ClN2O4/c1-11(28)12-4-8-15(9-5-12)27-23(29)18-16-10-17(19(18)24(27)30)22-20(16)21(26-31-22)13-2-6-14(25)7-3-13/h2-9,16-20,22H,10H2,1H3/t16-,17-,18+,19-,20-,22+/m1/s1. The van der Waals surface area contributed by atoms with Crippen LogP contribution in [0.1, 0.15) is 29.3 Å². The Morgan fingerprint density at radius 2 is 1.61 bits per heavy atom. The fourth-order valence-corrected chi connectivity index (χ4v) is 6.21. The Morgan fingerprint density at radius 1 is 0.968 bits per heavy atom. The Balaban J connectivity index is 1.32. The molecule has 2 aliphatic carbocycles. The Morgan fingerprint density at radius 3 is 2.26 bits per heavy atom. The first-order valence-electron chi connectivity index (χ1n) is 10.4. The van der Waals surface area contributed by atoms with Crippen LogP contribution in [0.15, 0.2) is 53.7 Å². The first kappa shape index (κ1) is 18.8. The molecule has 0 spiro atoms. The zero-order valence-corrected chi connectivity index (χ0v) is 17.5. The lowest BCUT2D eigenvalue weighted by Gasteiger charge is -2.29. The third-order valence-electron chi connectivity index (χ3n) is 7.36. The van der Waals surface area contributed by atoms with Crippen molar-refractivity contribution in [2.45, 2.75) is 19.4 Å². The molecule has 156 valence electrons. The van der Waals surface area contributed by atoms with Gasteiger partial charge in [0.05, 0.1) is 23.2 Å². The number of Topliss-reactive ketones (excluding diaryl/α,β-unsaturated/α-hetero) is 1. The van der Waals surface area contributed by atoms with Gasteiger partial charge in [-0.3, -0.25) is 19.3 Å². The molecular weight excluding hydrogens is 416 g/mol. The summed E-state index contributed by atoms with van der Waals surface area (Å²) in [6.45, 7) is 1.49. The van der Waals surface area contributed by atoms with E-state index in [1.54, 1.807) is 24.3 Å². The summed E-state index contributed by atoms with van der Waals surface area (Å²) in [6, 6.07) is 14.1. The van der Waals surface area contributed by atoms with Crippen molar-refractivity contribution in [2.24, 2.45) is 34.7 Å². The molecule has 6 atom stereocenters. The fraction of sp³-hybridized carbons (Fsp3) is 0.333. The lowest BCUT2D eigenvalue weighted by molar-refractivity contribution is -0.125. The van der Waals surface area contributed by atoms with E-state index in [0.717, 1.165) is 17.7 Å². The second-order valence-electron chi connectivity index (χ2n) is 8.81. The minimum absolute atomic E-state index is 0.00390. The number of rotatable bonds is 3. The van der Waals surface area contributed by atoms with E-state index >= 15 is 0 Å². The molecule has 0 radical (unpaired) electrons. The molecule has 2 bridgehead atoms. The van der Waals surface area contributed by atoms with E-state index in [0.29, 0.717) is 16.3 Å². The molecule has 2 aromatic carbocycles. The molecule has 0 N–H and O–H groups in total. The van der Waals surface area contributed by atoms with Crippen molar-refractivity contribution in [3.8, 4) is 0 Å². The van der Waals surface area contributed by atoms with E-state index in [9.17, 15) is 14.4 Å². The molecule has 3 fully saturated rings. The highest BCUT2D eigenvalue weighted by molar-refractivity contribution is 6.30. The Hall–Kier alpha value is -2.99. The number of benzene rings is 2. The number of imide groups is 1. The van der Waals surface area contributed by atoms with Crippen LogP contribution in [-0.4, -0.2) is 29.4 Å². The molecule has 0 aromatic heterocycles. The van der Waals surface area contributed by atoms with Gasteiger partial charge in [0.25, 0.3) is 0 Å². The highest BCUT2D eigenvalue weighted by Crippen LogP contribution is 2.62. The van der Waals surface area contributed by atoms with Crippen LogP contribution in [0.2, 0.25) is 5.02 Å². The average Bonchev–Trinajstić information content (AvgIpc) is 3.49. The maximum Gasteiger partial charge on any atom is 0.238 e. The summed E-state index contributed by atoms with van der Waals surface area (Å²) in [5, 5.41) is 5.00. The largest absolute Gasteiger partial charge is 0.391 e. The smallest absolute Gasteiger partial charge is 0.238 e. The number of anilines is 1. The second-order valence-corrected chi connectivity index (χ2v) is 9.25. The van der Waals surface area contributed by atoms with Gasteiger partial charge in [0, 0.05) is 22.4 Å². The van der Waals surface area contributed by atoms with Gasteiger partial charge in [0.15, 0.2) is 5.78 Å². The van der Waals surface area contributed by atoms with E-state index in [1.807, 2.05) is 24.3 Å². The summed E-state index contributed by atoms with van der Waals surface area (Å²) in [7, 11) is 0. The number of ketones is 1. The first-order valence-corrected chi connectivity index (χ1v) is 10.8. The van der Waals surface area contributed by atoms with Crippen LogP contribution >= 0.6 is 11.6 Å². The number of nitrogens with zero attached hydrogens (tertiary/aromatic N) is 2. The molecule has 2 amide bonds. The summed E-state index contributed by atoms with van der Waals surface area (Å²) >= 11 is 6.02. The third kappa shape index (κ3) is 2.51. The maximum absolute atomic E-state index is 13.4. The maximum atomic E-state index is 13.4. The minimum atomic E-state index is -0.369. The number of amides is 2. The monoisotopic (exact) mass is 434 g/mol. The van der Waals surface area contributed by atoms with Gasteiger partial charge in [-0.15, -0.1) is 0 Å². The molecule has 2 heterocycles. The highest BCUT2D eigenvalue weighted by Gasteiger charge is 2.70. The Kier molecular flexibility index (Phi) is 3.93. The van der Waals surface area contributed by atoms with Crippen molar-refractivity contribution in [1.82, 2.24) is 0 Å². The van der Waals surface area contributed by atoms with Crippen LogP contribution in [0, 0.1) is 29.6 Å². The number of hydrogen-bond acceptors (Lipinski definition) is 5. The van der Waals surface area contributed by atoms with Crippen LogP contribution in [0.4, 0.5) is 5.69 Å². The lowest BCUT2D eigenvalue weighted by atomic mass is 9.71. The van der Waals surface area contributed by atoms with E-state index in [2.05, 4.69) is 5.16 Å². The van der Waals surface area contributed by atoms with E-state index in [1.165, 1.54) is 11.8 Å². The van der Waals surface area contributed by atoms with Gasteiger partial charge in [0.1, 0.15) is 6.10 Å². The van der Waals surface area contributed by atoms with Gasteiger partial charge in [-0.1, -0.05) is 28.9 Å². The molecule has 6 nitrogen and oxygen atoms in total. The number of oxime groups is 1. The number of hydrogen-bond donors (Lipinski definition) is 0. The zero-order valence-electron chi connectivity index (χ0n) is 16.7. The van der Waals surface area contributed by atoms with Crippen LogP contribution in [0.3, 0.4) is 0 Å². The van der Waals surface area contributed by atoms with Gasteiger partial charge in [-0.05, 0) is 61.2 Å². The van der Waals surface area contributed by atoms with Gasteiger partial charge in [-0.25, -0.2) is 0 Å². The lowest BCUT2D eigenvalue weighted by Crippen LogP contribution is -2.41. The van der Waals surface area contributed by atoms with Crippen LogP contribution in [-0.2, 0) is 14.4 Å². The molecule has 31 heavy (non-hydrogen) atoms. The summed E-state index contributed by atoms with van der Waals surface area (Å²) in [6.07, 6.45) is 0.625. The molecule has 2 aromatic rings. The first-order chi connectivity index (χ1) is 15.0. The molecule has 2 aliphatic heterocycles. The van der Waals surface area contributed by atoms with Gasteiger partial charge in [0.2, 0.25) is 11.8 Å². The van der Waals surface area contributed by atoms with E-state index in [4.69, 9.17) is 16.4 Å². The van der Waals surface area contributed by atoms with Gasteiger partial charge < -0.3 is 4.84 Å². The quantitative estimate of drug-likeness (QED) is 0.545. The van der Waals surface area contributed by atoms with Crippen molar-refractivity contribution in [2.75, 3.05) is 4.90 Å². The summed E-state index contributed by atoms with van der Waals surface area (Å²) in [4.78, 5) is 45.4. The molecule has 4 aliphatic rings. The number of fused-ring (bicyclic) bond motifs is 8. The number of carbonyl (C=O) groups is 3. The third-order valence-corrected chi connectivity index (χ3v) is 7.61. The fourth-order valence-electron chi connectivity index (χ4n) is 6.08. The Bertz CT molecular complexity index is 1160. The molecule has 1 saturated heterocycles. The van der Waals surface area contributed by atoms with Crippen molar-refractivity contribution in [3.05, 3.63) is 64.7 Å². The van der Waals surface area contributed by atoms with Crippen molar-refractivity contribution >= 4 is 40.6 Å². The average molecular weight is 435 g/mol. The van der Waals surface area contributed by atoms with E-state index in [-0.39, 0.29) is 53.3 Å². The Labute approximate surface area is 183 Å². The van der Waals surface area contributed by atoms with Crippen LogP contribution in [0.5, 0.6) is 0 Å². The van der Waals surface area contributed by atoms with Crippen LogP contribution in [0.25, 0.3) is 0 Å². The van der Waals surface area contributed by atoms with Gasteiger partial charge >= 0.3 is 0 Å². The van der Waals surface area contributed by atoms with Crippen molar-refractivity contribution in [1.29, 1.82) is 0 Å². The summed E-state index contributed by atoms with van der Waals surface area (Å²) in [5.41, 5.74) is 2.85. The molecule has 2 saturated carbocycles. The van der Waals surface area contributed by atoms with Crippen LogP contribution < -0.4 is 4.90 Å². The van der Waals surface area contributed by atoms with Crippen molar-refractivity contribution < 1.29 is 19.2 Å². The minimum Gasteiger partial charge on any atom is -0.391 e. The molecular formula is C24H19ClN2O4. The summed E-state index contributed by atoms with van der Waals surface area (Å²) in [5.74, 6) is -1.10. The highest BCUT2D eigenvalue weighted by atomic mass is 35.5. The molecule has 7 heteroatoms. The summed E-state index contributed by atoms with van der Waals surface area (Å²) < 4.78 is 0. The predicted molar refractivity (Wildman–Crippen MR) is 114 cm³/mol. The normalized spacial score (nSPS) is 32.7. The second kappa shape index (κ2) is 6.50. The molecule has 0 unspecified atom stereocenters.